The predicted molar refractivity (Wildman–Crippen MR) is 44.7 cm³/mol. The van der Waals surface area contributed by atoms with Crippen molar-refractivity contribution in [3.05, 3.63) is 12.3 Å². The molecule has 0 saturated carbocycles. The van der Waals surface area contributed by atoms with Crippen molar-refractivity contribution >= 4 is 0 Å². The lowest BCUT2D eigenvalue weighted by Crippen LogP contribution is -2.13. The molecule has 0 aromatic heterocycles. The van der Waals surface area contributed by atoms with Gasteiger partial charge in [0, 0.05) is 25.2 Å². The van der Waals surface area contributed by atoms with Gasteiger partial charge in [-0.05, 0) is 12.3 Å². The largest absolute Gasteiger partial charge is 0.378 e. The Morgan fingerprint density at radius 3 is 2.40 bits per heavy atom. The van der Waals surface area contributed by atoms with Crippen LogP contribution in [0.1, 0.15) is 20.3 Å². The zero-order valence-electron chi connectivity index (χ0n) is 7.22. The number of allylic oxidation sites excluding steroid dienone is 1. The molecule has 1 nitrogen and oxygen atoms in total. The molecule has 0 amide bonds. The highest BCUT2D eigenvalue weighted by Crippen LogP contribution is 2.30. The van der Waals surface area contributed by atoms with Crippen LogP contribution < -0.4 is 0 Å². The second-order valence-corrected chi connectivity index (χ2v) is 3.55. The summed E-state index contributed by atoms with van der Waals surface area (Å²) in [5.41, 5.74) is 1.33. The third-order valence-corrected chi connectivity index (χ3v) is 2.50. The molecule has 1 saturated heterocycles. The van der Waals surface area contributed by atoms with Crippen molar-refractivity contribution < 1.29 is 0 Å². The summed E-state index contributed by atoms with van der Waals surface area (Å²) >= 11 is 0. The van der Waals surface area contributed by atoms with Gasteiger partial charge >= 0.3 is 0 Å². The fourth-order valence-corrected chi connectivity index (χ4v) is 1.64. The van der Waals surface area contributed by atoms with Gasteiger partial charge < -0.3 is 4.90 Å². The van der Waals surface area contributed by atoms with Gasteiger partial charge in [0.15, 0.2) is 0 Å². The Kier molecular flexibility index (Phi) is 2.02. The van der Waals surface area contributed by atoms with Crippen molar-refractivity contribution in [2.75, 3.05) is 13.6 Å². The summed E-state index contributed by atoms with van der Waals surface area (Å²) in [5.74, 6) is 1.50. The molecule has 0 radical (unpaired) electrons. The Bertz CT molecular complexity index is 138. The summed E-state index contributed by atoms with van der Waals surface area (Å²) in [4.78, 5) is 2.27. The molecule has 0 bridgehead atoms. The number of hydrogen-bond acceptors (Lipinski definition) is 1. The van der Waals surface area contributed by atoms with Crippen LogP contribution in [0, 0.1) is 11.8 Å². The van der Waals surface area contributed by atoms with Crippen molar-refractivity contribution in [2.24, 2.45) is 11.8 Å². The minimum absolute atomic E-state index is 0.741. The van der Waals surface area contributed by atoms with Crippen LogP contribution in [-0.2, 0) is 0 Å². The first kappa shape index (κ1) is 7.64. The zero-order valence-corrected chi connectivity index (χ0v) is 7.22. The second kappa shape index (κ2) is 2.65. The lowest BCUT2D eigenvalue weighted by atomic mass is 9.93. The summed E-state index contributed by atoms with van der Waals surface area (Å²) in [5, 5.41) is 0. The van der Waals surface area contributed by atoms with Gasteiger partial charge in [0.25, 0.3) is 0 Å². The number of hydrogen-bond donors (Lipinski definition) is 0. The van der Waals surface area contributed by atoms with Gasteiger partial charge in [-0.3, -0.25) is 0 Å². The highest BCUT2D eigenvalue weighted by Gasteiger charge is 2.25. The van der Waals surface area contributed by atoms with Gasteiger partial charge in [-0.1, -0.05) is 20.4 Å². The monoisotopic (exact) mass is 139 g/mol. The highest BCUT2D eigenvalue weighted by molar-refractivity contribution is 5.05. The van der Waals surface area contributed by atoms with E-state index in [1.54, 1.807) is 0 Å². The summed E-state index contributed by atoms with van der Waals surface area (Å²) < 4.78 is 0. The minimum atomic E-state index is 0.741. The van der Waals surface area contributed by atoms with Crippen LogP contribution in [0.4, 0.5) is 0 Å². The fourth-order valence-electron chi connectivity index (χ4n) is 1.64. The van der Waals surface area contributed by atoms with E-state index in [9.17, 15) is 0 Å². The molecule has 0 aromatic rings. The van der Waals surface area contributed by atoms with E-state index in [-0.39, 0.29) is 0 Å². The first-order valence-electron chi connectivity index (χ1n) is 4.03. The smallest absolute Gasteiger partial charge is 0.0178 e. The highest BCUT2D eigenvalue weighted by atomic mass is 15.1. The average Bonchev–Trinajstić information content (AvgIpc) is 2.14. The zero-order chi connectivity index (χ0) is 7.72. The maximum absolute atomic E-state index is 4.06. The lowest BCUT2D eigenvalue weighted by Gasteiger charge is -2.18. The van der Waals surface area contributed by atoms with Crippen LogP contribution in [0.25, 0.3) is 0 Å². The Morgan fingerprint density at radius 2 is 2.20 bits per heavy atom. The molecule has 1 heterocycles. The minimum Gasteiger partial charge on any atom is -0.378 e. The molecule has 1 aliphatic heterocycles. The van der Waals surface area contributed by atoms with Crippen LogP contribution in [0.5, 0.6) is 0 Å². The third kappa shape index (κ3) is 1.18. The molecule has 0 N–H and O–H groups in total. The Labute approximate surface area is 63.7 Å². The first-order chi connectivity index (χ1) is 4.63. The predicted octanol–water partition coefficient (Wildman–Crippen LogP) is 2.11. The van der Waals surface area contributed by atoms with Crippen LogP contribution in [-0.4, -0.2) is 18.5 Å². The molecule has 1 rings (SSSR count). The molecular weight excluding hydrogens is 122 g/mol. The SMILES string of the molecule is C=C1C(C(C)C)CCN1C. The first-order valence-corrected chi connectivity index (χ1v) is 4.03. The Hall–Kier alpha value is -0.460. The van der Waals surface area contributed by atoms with Crippen molar-refractivity contribution in [1.29, 1.82) is 0 Å². The summed E-state index contributed by atoms with van der Waals surface area (Å²) in [6.07, 6.45) is 1.30. The maximum Gasteiger partial charge on any atom is 0.0178 e. The van der Waals surface area contributed by atoms with Crippen molar-refractivity contribution in [1.82, 2.24) is 4.90 Å². The van der Waals surface area contributed by atoms with E-state index in [2.05, 4.69) is 32.4 Å². The van der Waals surface area contributed by atoms with Gasteiger partial charge in [-0.2, -0.15) is 0 Å². The van der Waals surface area contributed by atoms with Gasteiger partial charge in [0.1, 0.15) is 0 Å². The van der Waals surface area contributed by atoms with Crippen molar-refractivity contribution in [3.8, 4) is 0 Å². The molecular formula is C9H17N. The van der Waals surface area contributed by atoms with Gasteiger partial charge in [0.05, 0.1) is 0 Å². The molecule has 58 valence electrons. The van der Waals surface area contributed by atoms with Crippen LogP contribution in [0.3, 0.4) is 0 Å². The second-order valence-electron chi connectivity index (χ2n) is 3.55. The third-order valence-electron chi connectivity index (χ3n) is 2.50. The number of rotatable bonds is 1. The standard InChI is InChI=1S/C9H17N/c1-7(2)9-5-6-10(4)8(9)3/h7,9H,3,5-6H2,1-2,4H3. The molecule has 1 heteroatoms. The molecule has 1 atom stereocenters. The molecule has 0 aromatic carbocycles. The van der Waals surface area contributed by atoms with Crippen molar-refractivity contribution in [3.63, 3.8) is 0 Å². The molecule has 10 heavy (non-hydrogen) atoms. The van der Waals surface area contributed by atoms with E-state index in [0.717, 1.165) is 11.8 Å². The molecule has 1 aliphatic rings. The Balaban J connectivity index is 2.57. The van der Waals surface area contributed by atoms with Crippen LogP contribution in [0.2, 0.25) is 0 Å². The topological polar surface area (TPSA) is 3.24 Å². The van der Waals surface area contributed by atoms with Gasteiger partial charge in [0.2, 0.25) is 0 Å². The fraction of sp³-hybridized carbons (Fsp3) is 0.778. The van der Waals surface area contributed by atoms with E-state index < -0.39 is 0 Å². The summed E-state index contributed by atoms with van der Waals surface area (Å²) in [6.45, 7) is 9.81. The normalized spacial score (nSPS) is 26.6. The Morgan fingerprint density at radius 1 is 1.60 bits per heavy atom. The van der Waals surface area contributed by atoms with Gasteiger partial charge in [-0.25, -0.2) is 0 Å². The lowest BCUT2D eigenvalue weighted by molar-refractivity contribution is 0.436. The van der Waals surface area contributed by atoms with Crippen LogP contribution in [0.15, 0.2) is 12.3 Å². The molecule has 0 spiro atoms. The van der Waals surface area contributed by atoms with Crippen molar-refractivity contribution in [2.45, 2.75) is 20.3 Å². The van der Waals surface area contributed by atoms with E-state index in [0.29, 0.717) is 0 Å². The average molecular weight is 139 g/mol. The van der Waals surface area contributed by atoms with E-state index in [4.69, 9.17) is 0 Å². The quantitative estimate of drug-likeness (QED) is 0.538. The van der Waals surface area contributed by atoms with Gasteiger partial charge in [-0.15, -0.1) is 0 Å². The van der Waals surface area contributed by atoms with E-state index in [1.807, 2.05) is 0 Å². The van der Waals surface area contributed by atoms with E-state index >= 15 is 0 Å². The molecule has 0 aliphatic carbocycles. The van der Waals surface area contributed by atoms with E-state index in [1.165, 1.54) is 18.7 Å². The maximum atomic E-state index is 4.06. The summed E-state index contributed by atoms with van der Waals surface area (Å²) in [7, 11) is 2.13. The molecule has 1 unspecified atom stereocenters. The number of nitrogens with zero attached hydrogens (tertiary/aromatic N) is 1. The number of likely N-dealkylation sites (tertiary alicyclic amines) is 1. The van der Waals surface area contributed by atoms with Crippen LogP contribution >= 0.6 is 0 Å². The molecule has 1 fully saturated rings. The summed E-state index contributed by atoms with van der Waals surface area (Å²) in [6, 6.07) is 0.